The molecule has 1 aromatic rings. The van der Waals surface area contributed by atoms with Crippen molar-refractivity contribution in [2.24, 2.45) is 0 Å². The van der Waals surface area contributed by atoms with Gasteiger partial charge in [0.15, 0.2) is 0 Å². The van der Waals surface area contributed by atoms with E-state index >= 15 is 0 Å². The summed E-state index contributed by atoms with van der Waals surface area (Å²) in [5.74, 6) is 0.398. The van der Waals surface area contributed by atoms with Crippen LogP contribution in [0.1, 0.15) is 36.0 Å². The maximum Gasteiger partial charge on any atom is 0.255 e. The number of halogens is 1. The fraction of sp³-hybridized carbons (Fsp3) is 0.500. The molecule has 104 valence electrons. The molecule has 5 heteroatoms. The molecule has 0 spiro atoms. The van der Waals surface area contributed by atoms with Gasteiger partial charge in [0.25, 0.3) is 5.91 Å². The summed E-state index contributed by atoms with van der Waals surface area (Å²) in [6.07, 6.45) is 3.01. The fourth-order valence-corrected chi connectivity index (χ4v) is 2.78. The number of aliphatic hydroxyl groups excluding tert-OH is 1. The summed E-state index contributed by atoms with van der Waals surface area (Å²) in [4.78, 5) is 12.3. The van der Waals surface area contributed by atoms with Crippen molar-refractivity contribution in [3.63, 3.8) is 0 Å². The highest BCUT2D eigenvalue weighted by atomic mass is 79.9. The Morgan fingerprint density at radius 2 is 2.26 bits per heavy atom. The van der Waals surface area contributed by atoms with Gasteiger partial charge < -0.3 is 15.2 Å². The second kappa shape index (κ2) is 6.39. The maximum absolute atomic E-state index is 12.3. The van der Waals surface area contributed by atoms with Gasteiger partial charge in [0.05, 0.1) is 18.8 Å². The number of methoxy groups -OCH3 is 1. The summed E-state index contributed by atoms with van der Waals surface area (Å²) >= 11 is 3.35. The minimum atomic E-state index is -0.302. The molecule has 2 atom stereocenters. The Morgan fingerprint density at radius 1 is 1.47 bits per heavy atom. The summed E-state index contributed by atoms with van der Waals surface area (Å²) < 4.78 is 6.04. The van der Waals surface area contributed by atoms with Crippen LogP contribution >= 0.6 is 15.9 Å². The van der Waals surface area contributed by atoms with Crippen LogP contribution in [0.3, 0.4) is 0 Å². The van der Waals surface area contributed by atoms with E-state index < -0.39 is 0 Å². The Bertz CT molecular complexity index is 464. The van der Waals surface area contributed by atoms with E-state index in [0.29, 0.717) is 17.7 Å². The topological polar surface area (TPSA) is 58.6 Å². The highest BCUT2D eigenvalue weighted by Crippen LogP contribution is 2.24. The first-order chi connectivity index (χ1) is 9.10. The van der Waals surface area contributed by atoms with Crippen LogP contribution in [0.5, 0.6) is 5.75 Å². The van der Waals surface area contributed by atoms with Crippen molar-refractivity contribution in [2.75, 3.05) is 7.11 Å². The smallest absolute Gasteiger partial charge is 0.255 e. The highest BCUT2D eigenvalue weighted by molar-refractivity contribution is 9.10. The van der Waals surface area contributed by atoms with Crippen molar-refractivity contribution in [1.82, 2.24) is 5.32 Å². The van der Waals surface area contributed by atoms with Crippen LogP contribution in [0, 0.1) is 0 Å². The molecule has 0 heterocycles. The number of rotatable bonds is 3. The largest absolute Gasteiger partial charge is 0.496 e. The second-order valence-corrected chi connectivity index (χ2v) is 5.75. The quantitative estimate of drug-likeness (QED) is 0.896. The van der Waals surface area contributed by atoms with E-state index in [2.05, 4.69) is 21.2 Å². The molecule has 1 aromatic carbocycles. The van der Waals surface area contributed by atoms with Crippen LogP contribution in [0.25, 0.3) is 0 Å². The van der Waals surface area contributed by atoms with Gasteiger partial charge in [-0.2, -0.15) is 0 Å². The van der Waals surface area contributed by atoms with E-state index in [0.717, 1.165) is 23.7 Å². The molecular weight excluding hydrogens is 310 g/mol. The van der Waals surface area contributed by atoms with Gasteiger partial charge in [0, 0.05) is 10.5 Å². The van der Waals surface area contributed by atoms with Crippen LogP contribution in [0.2, 0.25) is 0 Å². The molecule has 2 rings (SSSR count). The first-order valence-corrected chi connectivity index (χ1v) is 7.22. The lowest BCUT2D eigenvalue weighted by Crippen LogP contribution is -2.39. The molecule has 1 amide bonds. The van der Waals surface area contributed by atoms with E-state index in [1.54, 1.807) is 19.2 Å². The van der Waals surface area contributed by atoms with E-state index in [1.807, 2.05) is 6.07 Å². The first kappa shape index (κ1) is 14.3. The maximum atomic E-state index is 12.3. The Hall–Kier alpha value is -1.07. The van der Waals surface area contributed by atoms with Crippen molar-refractivity contribution in [3.8, 4) is 5.75 Å². The summed E-state index contributed by atoms with van der Waals surface area (Å²) in [7, 11) is 1.55. The third kappa shape index (κ3) is 3.70. The second-order valence-electron chi connectivity index (χ2n) is 4.84. The van der Waals surface area contributed by atoms with E-state index in [9.17, 15) is 9.90 Å². The Labute approximate surface area is 121 Å². The standard InChI is InChI=1S/C14H18BrNO3/c1-19-13-6-5-9(15)7-12(13)14(18)16-10-3-2-4-11(17)8-10/h5-7,10-11,17H,2-4,8H2,1H3,(H,16,18). The predicted octanol–water partition coefficient (Wildman–Crippen LogP) is 2.49. The molecule has 0 aromatic heterocycles. The summed E-state index contributed by atoms with van der Waals surface area (Å²) in [5, 5.41) is 12.6. The van der Waals surface area contributed by atoms with Gasteiger partial charge in [-0.3, -0.25) is 4.79 Å². The number of benzene rings is 1. The third-order valence-corrected chi connectivity index (χ3v) is 3.88. The van der Waals surface area contributed by atoms with Crippen LogP contribution in [0.4, 0.5) is 0 Å². The molecule has 1 aliphatic rings. The molecule has 0 saturated heterocycles. The zero-order valence-electron chi connectivity index (χ0n) is 10.9. The van der Waals surface area contributed by atoms with Gasteiger partial charge in [-0.25, -0.2) is 0 Å². The van der Waals surface area contributed by atoms with Gasteiger partial charge in [-0.05, 0) is 43.9 Å². The van der Waals surface area contributed by atoms with Crippen molar-refractivity contribution in [3.05, 3.63) is 28.2 Å². The minimum Gasteiger partial charge on any atom is -0.496 e. The zero-order chi connectivity index (χ0) is 13.8. The van der Waals surface area contributed by atoms with Crippen LogP contribution in [0.15, 0.2) is 22.7 Å². The van der Waals surface area contributed by atoms with Gasteiger partial charge in [0.2, 0.25) is 0 Å². The lowest BCUT2D eigenvalue weighted by molar-refractivity contribution is 0.0847. The monoisotopic (exact) mass is 327 g/mol. The molecule has 1 fully saturated rings. The number of carbonyl (C=O) groups is 1. The lowest BCUT2D eigenvalue weighted by atomic mass is 9.93. The van der Waals surface area contributed by atoms with Crippen molar-refractivity contribution >= 4 is 21.8 Å². The normalized spacial score (nSPS) is 22.9. The Balaban J connectivity index is 2.09. The first-order valence-electron chi connectivity index (χ1n) is 6.42. The Kier molecular flexibility index (Phi) is 4.82. The van der Waals surface area contributed by atoms with Gasteiger partial charge in [0.1, 0.15) is 5.75 Å². The SMILES string of the molecule is COc1ccc(Br)cc1C(=O)NC1CCCC(O)C1. The number of ether oxygens (including phenoxy) is 1. The molecule has 19 heavy (non-hydrogen) atoms. The van der Waals surface area contributed by atoms with Crippen molar-refractivity contribution < 1.29 is 14.6 Å². The predicted molar refractivity (Wildman–Crippen MR) is 76.4 cm³/mol. The zero-order valence-corrected chi connectivity index (χ0v) is 12.4. The van der Waals surface area contributed by atoms with E-state index in [1.165, 1.54) is 0 Å². The molecule has 1 aliphatic carbocycles. The number of carbonyl (C=O) groups excluding carboxylic acids is 1. The highest BCUT2D eigenvalue weighted by Gasteiger charge is 2.23. The van der Waals surface area contributed by atoms with Crippen LogP contribution in [-0.2, 0) is 0 Å². The Morgan fingerprint density at radius 3 is 2.95 bits per heavy atom. The molecule has 1 saturated carbocycles. The molecule has 0 bridgehead atoms. The molecule has 2 unspecified atom stereocenters. The summed E-state index contributed by atoms with van der Waals surface area (Å²) in [5.41, 5.74) is 0.511. The molecular formula is C14H18BrNO3. The molecule has 2 N–H and O–H groups in total. The third-order valence-electron chi connectivity index (χ3n) is 3.39. The van der Waals surface area contributed by atoms with Crippen molar-refractivity contribution in [2.45, 2.75) is 37.8 Å². The molecule has 0 radical (unpaired) electrons. The minimum absolute atomic E-state index is 0.0416. The number of hydrogen-bond acceptors (Lipinski definition) is 3. The lowest BCUT2D eigenvalue weighted by Gasteiger charge is -2.26. The van der Waals surface area contributed by atoms with Crippen LogP contribution in [-0.4, -0.2) is 30.3 Å². The number of nitrogens with one attached hydrogen (secondary N) is 1. The number of amides is 1. The molecule has 0 aliphatic heterocycles. The summed E-state index contributed by atoms with van der Waals surface area (Å²) in [6, 6.07) is 5.38. The number of aliphatic hydroxyl groups is 1. The van der Waals surface area contributed by atoms with E-state index in [4.69, 9.17) is 4.74 Å². The molecule has 4 nitrogen and oxygen atoms in total. The van der Waals surface area contributed by atoms with Gasteiger partial charge in [-0.1, -0.05) is 15.9 Å². The van der Waals surface area contributed by atoms with Gasteiger partial charge >= 0.3 is 0 Å². The number of hydrogen-bond donors (Lipinski definition) is 2. The van der Waals surface area contributed by atoms with Gasteiger partial charge in [-0.15, -0.1) is 0 Å². The van der Waals surface area contributed by atoms with E-state index in [-0.39, 0.29) is 18.1 Å². The average molecular weight is 328 g/mol. The fourth-order valence-electron chi connectivity index (χ4n) is 2.42. The summed E-state index contributed by atoms with van der Waals surface area (Å²) in [6.45, 7) is 0. The average Bonchev–Trinajstić information content (AvgIpc) is 2.38. The van der Waals surface area contributed by atoms with Crippen LogP contribution < -0.4 is 10.1 Å². The van der Waals surface area contributed by atoms with Crippen molar-refractivity contribution in [1.29, 1.82) is 0 Å².